The molecule has 2 aliphatic heterocycles. The van der Waals surface area contributed by atoms with Crippen LogP contribution in [0.3, 0.4) is 0 Å². The molecule has 0 bridgehead atoms. The van der Waals surface area contributed by atoms with Crippen molar-refractivity contribution in [2.45, 2.75) is 26.2 Å². The number of carbonyl (C=O) groups excluding carboxylic acids is 2. The number of likely N-dealkylation sites (N-methyl/N-ethyl adjacent to an activating group) is 1. The Bertz CT molecular complexity index is 631. The minimum absolute atomic E-state index is 0.0375. The molecule has 1 fully saturated rings. The summed E-state index contributed by atoms with van der Waals surface area (Å²) in [7, 11) is 2.09. The molecule has 6 heteroatoms. The van der Waals surface area contributed by atoms with E-state index in [1.54, 1.807) is 0 Å². The zero-order chi connectivity index (χ0) is 17.1. The normalized spacial score (nSPS) is 19.0. The van der Waals surface area contributed by atoms with Crippen LogP contribution in [0, 0.1) is 0 Å². The molecule has 1 N–H and O–H groups in total. The van der Waals surface area contributed by atoms with E-state index in [2.05, 4.69) is 17.3 Å². The number of nitrogens with one attached hydrogen (secondary N) is 1. The minimum Gasteiger partial charge on any atom is -0.323 e. The monoisotopic (exact) mass is 330 g/mol. The van der Waals surface area contributed by atoms with Crippen LogP contribution < -0.4 is 10.2 Å². The van der Waals surface area contributed by atoms with Crippen LogP contribution in [0.25, 0.3) is 0 Å². The SMILES string of the molecule is CCN1C(=O)CCc2cc(NC(=O)N3CCCN(C)CC3)ccc21. The van der Waals surface area contributed by atoms with Crippen molar-refractivity contribution >= 4 is 23.3 Å². The molecule has 0 aliphatic carbocycles. The summed E-state index contributed by atoms with van der Waals surface area (Å²) >= 11 is 0. The zero-order valence-electron chi connectivity index (χ0n) is 14.5. The molecule has 0 saturated carbocycles. The first kappa shape index (κ1) is 16.8. The maximum Gasteiger partial charge on any atom is 0.321 e. The molecule has 1 aromatic rings. The van der Waals surface area contributed by atoms with Crippen LogP contribution in [-0.4, -0.2) is 61.5 Å². The van der Waals surface area contributed by atoms with Gasteiger partial charge in [0.25, 0.3) is 0 Å². The molecule has 3 rings (SSSR count). The van der Waals surface area contributed by atoms with E-state index in [0.717, 1.165) is 56.0 Å². The van der Waals surface area contributed by atoms with Crippen molar-refractivity contribution in [3.05, 3.63) is 23.8 Å². The quantitative estimate of drug-likeness (QED) is 0.904. The van der Waals surface area contributed by atoms with Gasteiger partial charge in [-0.25, -0.2) is 4.79 Å². The summed E-state index contributed by atoms with van der Waals surface area (Å²) in [6, 6.07) is 5.81. The van der Waals surface area contributed by atoms with E-state index in [4.69, 9.17) is 0 Å². The molecule has 6 nitrogen and oxygen atoms in total. The number of hydrogen-bond donors (Lipinski definition) is 1. The number of hydrogen-bond acceptors (Lipinski definition) is 3. The van der Waals surface area contributed by atoms with E-state index >= 15 is 0 Å². The molecule has 0 unspecified atom stereocenters. The summed E-state index contributed by atoms with van der Waals surface area (Å²) in [6.07, 6.45) is 2.28. The van der Waals surface area contributed by atoms with Crippen molar-refractivity contribution in [1.82, 2.24) is 9.80 Å². The third-order valence-electron chi connectivity index (χ3n) is 4.85. The fourth-order valence-corrected chi connectivity index (χ4v) is 3.44. The Kier molecular flexibility index (Phi) is 5.04. The van der Waals surface area contributed by atoms with Crippen molar-refractivity contribution < 1.29 is 9.59 Å². The van der Waals surface area contributed by atoms with Gasteiger partial charge in [-0.3, -0.25) is 4.79 Å². The molecule has 0 radical (unpaired) electrons. The highest BCUT2D eigenvalue weighted by atomic mass is 16.2. The van der Waals surface area contributed by atoms with Gasteiger partial charge in [-0.15, -0.1) is 0 Å². The van der Waals surface area contributed by atoms with E-state index in [1.165, 1.54) is 0 Å². The van der Waals surface area contributed by atoms with Gasteiger partial charge >= 0.3 is 6.03 Å². The van der Waals surface area contributed by atoms with E-state index in [9.17, 15) is 9.59 Å². The number of urea groups is 1. The Balaban J connectivity index is 1.70. The van der Waals surface area contributed by atoms with Gasteiger partial charge in [-0.2, -0.15) is 0 Å². The molecule has 130 valence electrons. The van der Waals surface area contributed by atoms with E-state index < -0.39 is 0 Å². The number of benzene rings is 1. The van der Waals surface area contributed by atoms with Crippen molar-refractivity contribution in [3.8, 4) is 0 Å². The Morgan fingerprint density at radius 1 is 1.17 bits per heavy atom. The van der Waals surface area contributed by atoms with Gasteiger partial charge in [0.05, 0.1) is 0 Å². The first-order chi connectivity index (χ1) is 11.6. The predicted octanol–water partition coefficient (Wildman–Crippen LogP) is 2.16. The molecule has 0 spiro atoms. The lowest BCUT2D eigenvalue weighted by Crippen LogP contribution is -2.38. The van der Waals surface area contributed by atoms with Gasteiger partial charge in [0.15, 0.2) is 0 Å². The van der Waals surface area contributed by atoms with Crippen molar-refractivity contribution in [3.63, 3.8) is 0 Å². The summed E-state index contributed by atoms with van der Waals surface area (Å²) in [5.41, 5.74) is 2.91. The Morgan fingerprint density at radius 3 is 2.79 bits per heavy atom. The van der Waals surface area contributed by atoms with Gasteiger partial charge in [0.2, 0.25) is 5.91 Å². The Labute approximate surface area is 143 Å². The smallest absolute Gasteiger partial charge is 0.321 e. The van der Waals surface area contributed by atoms with Crippen LogP contribution in [-0.2, 0) is 11.2 Å². The van der Waals surface area contributed by atoms with Crippen LogP contribution in [0.1, 0.15) is 25.3 Å². The average molecular weight is 330 g/mol. The molecule has 1 saturated heterocycles. The fraction of sp³-hybridized carbons (Fsp3) is 0.556. The molecule has 3 amide bonds. The van der Waals surface area contributed by atoms with Crippen molar-refractivity contribution in [2.24, 2.45) is 0 Å². The number of rotatable bonds is 2. The van der Waals surface area contributed by atoms with E-state index in [-0.39, 0.29) is 11.9 Å². The average Bonchev–Trinajstić information content (AvgIpc) is 2.79. The number of carbonyl (C=O) groups is 2. The van der Waals surface area contributed by atoms with Gasteiger partial charge in [0.1, 0.15) is 0 Å². The van der Waals surface area contributed by atoms with Crippen molar-refractivity contribution in [2.75, 3.05) is 50.0 Å². The molecule has 24 heavy (non-hydrogen) atoms. The lowest BCUT2D eigenvalue weighted by molar-refractivity contribution is -0.118. The highest BCUT2D eigenvalue weighted by Crippen LogP contribution is 2.30. The first-order valence-electron chi connectivity index (χ1n) is 8.76. The molecule has 1 aromatic carbocycles. The number of amides is 3. The zero-order valence-corrected chi connectivity index (χ0v) is 14.5. The van der Waals surface area contributed by atoms with Gasteiger partial charge < -0.3 is 20.0 Å². The highest BCUT2D eigenvalue weighted by molar-refractivity contribution is 5.97. The summed E-state index contributed by atoms with van der Waals surface area (Å²) in [5.74, 6) is 0.176. The topological polar surface area (TPSA) is 55.9 Å². The molecule has 2 aliphatic rings. The highest BCUT2D eigenvalue weighted by Gasteiger charge is 2.23. The second kappa shape index (κ2) is 7.21. The van der Waals surface area contributed by atoms with Gasteiger partial charge in [0, 0.05) is 44.0 Å². The van der Waals surface area contributed by atoms with E-state index in [1.807, 2.05) is 34.9 Å². The van der Waals surface area contributed by atoms with Gasteiger partial charge in [-0.05, 0) is 57.1 Å². The van der Waals surface area contributed by atoms with Crippen molar-refractivity contribution in [1.29, 1.82) is 0 Å². The van der Waals surface area contributed by atoms with Gasteiger partial charge in [-0.1, -0.05) is 0 Å². The summed E-state index contributed by atoms with van der Waals surface area (Å²) < 4.78 is 0. The fourth-order valence-electron chi connectivity index (χ4n) is 3.44. The number of aryl methyl sites for hydroxylation is 1. The first-order valence-corrected chi connectivity index (χ1v) is 8.76. The van der Waals surface area contributed by atoms with Crippen LogP contribution in [0.2, 0.25) is 0 Å². The largest absolute Gasteiger partial charge is 0.323 e. The molecule has 0 aromatic heterocycles. The lowest BCUT2D eigenvalue weighted by atomic mass is 10.0. The summed E-state index contributed by atoms with van der Waals surface area (Å²) in [5, 5.41) is 3.01. The number of fused-ring (bicyclic) bond motifs is 1. The van der Waals surface area contributed by atoms with Crippen LogP contribution >= 0.6 is 0 Å². The second-order valence-electron chi connectivity index (χ2n) is 6.56. The lowest BCUT2D eigenvalue weighted by Gasteiger charge is -2.29. The molecular weight excluding hydrogens is 304 g/mol. The third-order valence-corrected chi connectivity index (χ3v) is 4.85. The maximum absolute atomic E-state index is 12.5. The summed E-state index contributed by atoms with van der Waals surface area (Å²) in [6.45, 7) is 6.15. The molecule has 2 heterocycles. The molecule has 0 atom stereocenters. The minimum atomic E-state index is -0.0375. The maximum atomic E-state index is 12.5. The second-order valence-corrected chi connectivity index (χ2v) is 6.56. The molecular formula is C18H26N4O2. The third kappa shape index (κ3) is 3.53. The standard InChI is InChI=1S/C18H26N4O2/c1-3-22-16-7-6-15(13-14(16)5-8-17(22)23)19-18(24)21-10-4-9-20(2)11-12-21/h6-7,13H,3-5,8-12H2,1-2H3,(H,19,24). The Hall–Kier alpha value is -2.08. The number of nitrogens with zero attached hydrogens (tertiary/aromatic N) is 3. The Morgan fingerprint density at radius 2 is 2.00 bits per heavy atom. The van der Waals surface area contributed by atoms with Crippen LogP contribution in [0.4, 0.5) is 16.2 Å². The summed E-state index contributed by atoms with van der Waals surface area (Å²) in [4.78, 5) is 30.4. The predicted molar refractivity (Wildman–Crippen MR) is 95.5 cm³/mol. The van der Waals surface area contributed by atoms with Crippen LogP contribution in [0.15, 0.2) is 18.2 Å². The van der Waals surface area contributed by atoms with Crippen LogP contribution in [0.5, 0.6) is 0 Å². The van der Waals surface area contributed by atoms with E-state index in [0.29, 0.717) is 13.0 Å². The number of anilines is 2.